The fourth-order valence-corrected chi connectivity index (χ4v) is 1.85. The van der Waals surface area contributed by atoms with E-state index < -0.39 is 0 Å². The van der Waals surface area contributed by atoms with Crippen LogP contribution in [0.1, 0.15) is 5.56 Å². The largest absolute Gasteiger partial charge is 0.472 e. The van der Waals surface area contributed by atoms with E-state index in [0.717, 1.165) is 5.56 Å². The minimum atomic E-state index is 0.281. The highest BCUT2D eigenvalue weighted by atomic mass is 35.5. The predicted octanol–water partition coefficient (Wildman–Crippen LogP) is 3.46. The first-order valence-corrected chi connectivity index (χ1v) is 5.63. The van der Waals surface area contributed by atoms with Gasteiger partial charge in [0, 0.05) is 27.9 Å². The van der Waals surface area contributed by atoms with Crippen LogP contribution in [0.3, 0.4) is 0 Å². The molecule has 6 heteroatoms. The molecule has 2 rings (SSSR count). The van der Waals surface area contributed by atoms with E-state index in [9.17, 15) is 0 Å². The number of halogens is 2. The molecule has 0 amide bonds. The van der Waals surface area contributed by atoms with Crippen LogP contribution in [-0.2, 0) is 6.61 Å². The molecule has 1 heterocycles. The van der Waals surface area contributed by atoms with Gasteiger partial charge in [-0.25, -0.2) is 4.09 Å². The third-order valence-corrected chi connectivity index (χ3v) is 2.91. The maximum Gasteiger partial charge on any atom is 0.234 e. The van der Waals surface area contributed by atoms with Gasteiger partial charge in [-0.2, -0.15) is 0 Å². The van der Waals surface area contributed by atoms with Crippen molar-refractivity contribution in [1.82, 2.24) is 9.19 Å². The topological polar surface area (TPSA) is 27.1 Å². The molecule has 0 aliphatic carbocycles. The highest BCUT2D eigenvalue weighted by molar-refractivity contribution is 7.78. The van der Waals surface area contributed by atoms with Crippen LogP contribution in [0.25, 0.3) is 0 Å². The summed E-state index contributed by atoms with van der Waals surface area (Å²) < 4.78 is 6.79. The van der Waals surface area contributed by atoms with Crippen molar-refractivity contribution < 1.29 is 4.74 Å². The van der Waals surface area contributed by atoms with Crippen LogP contribution < -0.4 is 4.74 Å². The molecular formula is C10H8Cl2N2OS. The van der Waals surface area contributed by atoms with Gasteiger partial charge >= 0.3 is 0 Å². The van der Waals surface area contributed by atoms with E-state index in [2.05, 4.69) is 17.9 Å². The molecule has 1 aromatic carbocycles. The normalized spacial score (nSPS) is 10.4. The van der Waals surface area contributed by atoms with Crippen molar-refractivity contribution in [3.8, 4) is 5.88 Å². The van der Waals surface area contributed by atoms with Crippen LogP contribution in [-0.4, -0.2) is 9.19 Å². The molecule has 0 N–H and O–H groups in total. The molecule has 0 fully saturated rings. The van der Waals surface area contributed by atoms with E-state index in [1.54, 1.807) is 30.5 Å². The lowest BCUT2D eigenvalue weighted by molar-refractivity contribution is 0.293. The second-order valence-corrected chi connectivity index (χ2v) is 4.29. The number of ether oxygens (including phenoxy) is 1. The third kappa shape index (κ3) is 2.64. The summed E-state index contributed by atoms with van der Waals surface area (Å²) in [7, 11) is 0. The minimum Gasteiger partial charge on any atom is -0.472 e. The van der Waals surface area contributed by atoms with Crippen molar-refractivity contribution in [3.05, 3.63) is 46.1 Å². The van der Waals surface area contributed by atoms with Crippen molar-refractivity contribution in [3.63, 3.8) is 0 Å². The van der Waals surface area contributed by atoms with Gasteiger partial charge in [-0.05, 0) is 24.9 Å². The van der Waals surface area contributed by atoms with Crippen LogP contribution in [0.15, 0.2) is 30.5 Å². The highest BCUT2D eigenvalue weighted by Crippen LogP contribution is 2.25. The summed E-state index contributed by atoms with van der Waals surface area (Å²) in [4.78, 5) is 0. The van der Waals surface area contributed by atoms with Crippen LogP contribution in [0, 0.1) is 0 Å². The first kappa shape index (κ1) is 11.6. The van der Waals surface area contributed by atoms with Gasteiger partial charge in [-0.3, -0.25) is 0 Å². The Balaban J connectivity index is 2.10. The second kappa shape index (κ2) is 4.99. The van der Waals surface area contributed by atoms with E-state index in [-0.39, 0.29) is 6.61 Å². The van der Waals surface area contributed by atoms with Crippen molar-refractivity contribution >= 4 is 36.0 Å². The first-order valence-electron chi connectivity index (χ1n) is 4.47. The minimum absolute atomic E-state index is 0.281. The summed E-state index contributed by atoms with van der Waals surface area (Å²) >= 11 is 16.0. The lowest BCUT2D eigenvalue weighted by Gasteiger charge is -2.06. The number of hydrogen-bond acceptors (Lipinski definition) is 3. The van der Waals surface area contributed by atoms with E-state index in [4.69, 9.17) is 27.9 Å². The molecule has 0 unspecified atom stereocenters. The first-order chi connectivity index (χ1) is 7.66. The van der Waals surface area contributed by atoms with Crippen molar-refractivity contribution in [1.29, 1.82) is 0 Å². The quantitative estimate of drug-likeness (QED) is 0.868. The van der Waals surface area contributed by atoms with Crippen molar-refractivity contribution in [2.45, 2.75) is 6.61 Å². The van der Waals surface area contributed by atoms with Gasteiger partial charge in [0.25, 0.3) is 0 Å². The van der Waals surface area contributed by atoms with Crippen LogP contribution >= 0.6 is 36.0 Å². The summed E-state index contributed by atoms with van der Waals surface area (Å²) in [5, 5.41) is 5.12. The van der Waals surface area contributed by atoms with Gasteiger partial charge in [-0.15, -0.1) is 5.10 Å². The van der Waals surface area contributed by atoms with Gasteiger partial charge in [-0.1, -0.05) is 29.3 Å². The number of benzene rings is 1. The van der Waals surface area contributed by atoms with E-state index in [1.807, 2.05) is 0 Å². The average Bonchev–Trinajstić information content (AvgIpc) is 2.63. The Kier molecular flexibility index (Phi) is 3.63. The molecule has 0 radical (unpaired) electrons. The van der Waals surface area contributed by atoms with Crippen molar-refractivity contribution in [2.24, 2.45) is 0 Å². The zero-order valence-corrected chi connectivity index (χ0v) is 10.5. The maximum atomic E-state index is 6.00. The highest BCUT2D eigenvalue weighted by Gasteiger charge is 2.07. The molecule has 16 heavy (non-hydrogen) atoms. The summed E-state index contributed by atoms with van der Waals surface area (Å²) in [6, 6.07) is 7.03. The maximum absolute atomic E-state index is 6.00. The molecule has 0 saturated heterocycles. The van der Waals surface area contributed by atoms with Gasteiger partial charge < -0.3 is 4.74 Å². The average molecular weight is 275 g/mol. The number of rotatable bonds is 3. The van der Waals surface area contributed by atoms with E-state index >= 15 is 0 Å². The lowest BCUT2D eigenvalue weighted by atomic mass is 10.2. The standard InChI is InChI=1S/C10H8Cl2N2OS/c11-8-2-1-3-9(12)7(8)6-15-10-4-5-14(16)13-10/h1-5,16H,6H2. The predicted molar refractivity (Wildman–Crippen MR) is 67.4 cm³/mol. The van der Waals surface area contributed by atoms with Gasteiger partial charge in [0.15, 0.2) is 0 Å². The summed E-state index contributed by atoms with van der Waals surface area (Å²) in [6.07, 6.45) is 1.67. The molecule has 0 aliphatic heterocycles. The lowest BCUT2D eigenvalue weighted by Crippen LogP contribution is -1.98. The van der Waals surface area contributed by atoms with Crippen LogP contribution in [0.2, 0.25) is 10.0 Å². The zero-order valence-electron chi connectivity index (χ0n) is 8.10. The SMILES string of the molecule is Sn1ccc(OCc2c(Cl)cccc2Cl)n1. The van der Waals surface area contributed by atoms with E-state index in [1.165, 1.54) is 4.09 Å². The van der Waals surface area contributed by atoms with Crippen molar-refractivity contribution in [2.75, 3.05) is 0 Å². The molecule has 0 bridgehead atoms. The number of nitrogens with zero attached hydrogens (tertiary/aromatic N) is 2. The smallest absolute Gasteiger partial charge is 0.234 e. The Morgan fingerprint density at radius 1 is 1.25 bits per heavy atom. The van der Waals surface area contributed by atoms with Gasteiger partial charge in [0.1, 0.15) is 6.61 Å². The third-order valence-electron chi connectivity index (χ3n) is 1.98. The molecular weight excluding hydrogens is 267 g/mol. The molecule has 84 valence electrons. The molecule has 1 aromatic heterocycles. The Morgan fingerprint density at radius 3 is 2.50 bits per heavy atom. The monoisotopic (exact) mass is 274 g/mol. The number of aromatic nitrogens is 2. The Bertz CT molecular complexity index is 481. The fourth-order valence-electron chi connectivity index (χ4n) is 1.19. The molecule has 0 atom stereocenters. The fraction of sp³-hybridized carbons (Fsp3) is 0.100. The number of thiol groups is 1. The van der Waals surface area contributed by atoms with Gasteiger partial charge in [0.05, 0.1) is 0 Å². The molecule has 0 saturated carbocycles. The summed E-state index contributed by atoms with van der Waals surface area (Å²) in [5.41, 5.74) is 0.750. The van der Waals surface area contributed by atoms with Gasteiger partial charge in [0.2, 0.25) is 5.88 Å². The molecule has 2 aromatic rings. The Labute approximate surface area is 108 Å². The van der Waals surface area contributed by atoms with Crippen LogP contribution in [0.5, 0.6) is 5.88 Å². The Hall–Kier alpha value is -0.840. The number of hydrogen-bond donors (Lipinski definition) is 1. The molecule has 3 nitrogen and oxygen atoms in total. The second-order valence-electron chi connectivity index (χ2n) is 3.06. The van der Waals surface area contributed by atoms with E-state index in [0.29, 0.717) is 15.9 Å². The van der Waals surface area contributed by atoms with Crippen LogP contribution in [0.4, 0.5) is 0 Å². The zero-order chi connectivity index (χ0) is 11.5. The Morgan fingerprint density at radius 2 is 1.94 bits per heavy atom. The summed E-state index contributed by atoms with van der Waals surface area (Å²) in [6.45, 7) is 0.281. The summed E-state index contributed by atoms with van der Waals surface area (Å²) in [5.74, 6) is 0.478. The molecule has 0 aliphatic rings. The molecule has 0 spiro atoms.